The van der Waals surface area contributed by atoms with E-state index in [0.29, 0.717) is 5.56 Å². The van der Waals surface area contributed by atoms with Crippen LogP contribution in [0.15, 0.2) is 24.5 Å². The van der Waals surface area contributed by atoms with Gasteiger partial charge in [0.2, 0.25) is 0 Å². The molecule has 0 saturated carbocycles. The summed E-state index contributed by atoms with van der Waals surface area (Å²) in [7, 11) is 0. The number of hydrogen-bond donors (Lipinski definition) is 0. The van der Waals surface area contributed by atoms with E-state index in [4.69, 9.17) is 11.6 Å². The average molecular weight is 243 g/mol. The van der Waals surface area contributed by atoms with Gasteiger partial charge in [0.1, 0.15) is 5.69 Å². The third-order valence-corrected chi connectivity index (χ3v) is 2.48. The van der Waals surface area contributed by atoms with Crippen LogP contribution in [0.2, 0.25) is 0 Å². The molecule has 1 heterocycles. The minimum absolute atomic E-state index is 0.0756. The Bertz CT molecular complexity index is 499. The number of nitrogens with zero attached hydrogens (tertiary/aromatic N) is 2. The monoisotopic (exact) mass is 242 g/mol. The summed E-state index contributed by atoms with van der Waals surface area (Å²) < 4.78 is 28.4. The third kappa shape index (κ3) is 1.93. The van der Waals surface area contributed by atoms with E-state index >= 15 is 0 Å². The summed E-state index contributed by atoms with van der Waals surface area (Å²) in [5, 5.41) is 3.87. The molecule has 0 saturated heterocycles. The molecule has 0 spiro atoms. The van der Waals surface area contributed by atoms with Gasteiger partial charge in [-0.2, -0.15) is 5.10 Å². The molecule has 0 fully saturated rings. The molecule has 16 heavy (non-hydrogen) atoms. The van der Waals surface area contributed by atoms with Crippen LogP contribution in [0, 0.1) is 18.6 Å². The zero-order valence-electron chi connectivity index (χ0n) is 8.54. The Kier molecular flexibility index (Phi) is 2.92. The predicted molar refractivity (Wildman–Crippen MR) is 57.8 cm³/mol. The van der Waals surface area contributed by atoms with Crippen LogP contribution in [0.3, 0.4) is 0 Å². The van der Waals surface area contributed by atoms with Gasteiger partial charge < -0.3 is 0 Å². The van der Waals surface area contributed by atoms with E-state index in [2.05, 4.69) is 5.10 Å². The molecule has 2 aromatic rings. The zero-order chi connectivity index (χ0) is 11.7. The van der Waals surface area contributed by atoms with Crippen LogP contribution in [0.5, 0.6) is 0 Å². The first-order valence-corrected chi connectivity index (χ1v) is 5.21. The smallest absolute Gasteiger partial charge is 0.152 e. The van der Waals surface area contributed by atoms with Crippen LogP contribution < -0.4 is 0 Å². The maximum Gasteiger partial charge on any atom is 0.152 e. The Hall–Kier alpha value is -1.42. The van der Waals surface area contributed by atoms with Gasteiger partial charge in [0, 0.05) is 12.1 Å². The maximum absolute atomic E-state index is 13.6. The molecule has 0 atom stereocenters. The number of alkyl halides is 1. The fourth-order valence-corrected chi connectivity index (χ4v) is 1.60. The number of rotatable bonds is 2. The first kappa shape index (κ1) is 11.1. The normalized spacial score (nSPS) is 10.8. The van der Waals surface area contributed by atoms with Crippen molar-refractivity contribution >= 4 is 11.6 Å². The van der Waals surface area contributed by atoms with Crippen molar-refractivity contribution in [3.8, 4) is 5.69 Å². The van der Waals surface area contributed by atoms with Crippen molar-refractivity contribution in [2.24, 2.45) is 0 Å². The average Bonchev–Trinajstić information content (AvgIpc) is 2.63. The first-order chi connectivity index (χ1) is 7.61. The second-order valence-electron chi connectivity index (χ2n) is 3.50. The minimum atomic E-state index is -0.668. The van der Waals surface area contributed by atoms with Gasteiger partial charge in [-0.1, -0.05) is 0 Å². The molecule has 0 unspecified atom stereocenters. The predicted octanol–water partition coefficient (Wildman–Crippen LogP) is 3.20. The molecule has 84 valence electrons. The molecule has 0 bridgehead atoms. The Balaban J connectivity index is 2.57. The van der Waals surface area contributed by atoms with Crippen LogP contribution in [-0.4, -0.2) is 9.78 Å². The quantitative estimate of drug-likeness (QED) is 0.740. The molecule has 0 amide bonds. The lowest BCUT2D eigenvalue weighted by Gasteiger charge is -2.06. The molecule has 0 radical (unpaired) electrons. The van der Waals surface area contributed by atoms with Crippen LogP contribution in [0.1, 0.15) is 11.1 Å². The molecule has 0 aliphatic carbocycles. The van der Waals surface area contributed by atoms with E-state index in [-0.39, 0.29) is 11.6 Å². The minimum Gasteiger partial charge on any atom is -0.235 e. The summed E-state index contributed by atoms with van der Waals surface area (Å²) in [6.07, 6.45) is 3.09. The van der Waals surface area contributed by atoms with E-state index in [0.717, 1.165) is 5.56 Å². The SMILES string of the molecule is Cc1cnn(-c2c(F)cc(CCl)cc2F)c1. The molecular formula is C11H9ClF2N2. The van der Waals surface area contributed by atoms with Crippen LogP contribution in [0.4, 0.5) is 8.78 Å². The fraction of sp³-hybridized carbons (Fsp3) is 0.182. The molecule has 5 heteroatoms. The van der Waals surface area contributed by atoms with E-state index in [1.54, 1.807) is 13.1 Å². The molecule has 0 aliphatic heterocycles. The summed E-state index contributed by atoms with van der Waals surface area (Å²) in [5.74, 6) is -1.26. The van der Waals surface area contributed by atoms with Crippen molar-refractivity contribution < 1.29 is 8.78 Å². The van der Waals surface area contributed by atoms with Gasteiger partial charge in [0.25, 0.3) is 0 Å². The van der Waals surface area contributed by atoms with Crippen LogP contribution in [-0.2, 0) is 5.88 Å². The summed E-state index contributed by atoms with van der Waals surface area (Å²) in [6.45, 7) is 1.80. The highest BCUT2D eigenvalue weighted by atomic mass is 35.5. The van der Waals surface area contributed by atoms with Gasteiger partial charge >= 0.3 is 0 Å². The largest absolute Gasteiger partial charge is 0.235 e. The summed E-state index contributed by atoms with van der Waals surface area (Å²) in [4.78, 5) is 0. The number of benzene rings is 1. The summed E-state index contributed by atoms with van der Waals surface area (Å²) in [5.41, 5.74) is 1.06. The van der Waals surface area contributed by atoms with Crippen molar-refractivity contribution in [1.82, 2.24) is 9.78 Å². The fourth-order valence-electron chi connectivity index (χ4n) is 1.45. The van der Waals surface area contributed by atoms with E-state index < -0.39 is 11.6 Å². The van der Waals surface area contributed by atoms with E-state index in [1.807, 2.05) is 0 Å². The van der Waals surface area contributed by atoms with Crippen molar-refractivity contribution in [2.45, 2.75) is 12.8 Å². The lowest BCUT2D eigenvalue weighted by atomic mass is 10.2. The Labute approximate surface area is 96.5 Å². The third-order valence-electron chi connectivity index (χ3n) is 2.17. The summed E-state index contributed by atoms with van der Waals surface area (Å²) in [6, 6.07) is 2.42. The van der Waals surface area contributed by atoms with Crippen molar-refractivity contribution in [2.75, 3.05) is 0 Å². The highest BCUT2D eigenvalue weighted by molar-refractivity contribution is 6.17. The van der Waals surface area contributed by atoms with Gasteiger partial charge in [0.05, 0.1) is 6.20 Å². The lowest BCUT2D eigenvalue weighted by Crippen LogP contribution is -2.03. The van der Waals surface area contributed by atoms with Crippen LogP contribution >= 0.6 is 11.6 Å². The lowest BCUT2D eigenvalue weighted by molar-refractivity contribution is 0.558. The number of aryl methyl sites for hydroxylation is 1. The maximum atomic E-state index is 13.6. The Morgan fingerprint density at radius 1 is 1.31 bits per heavy atom. The molecule has 0 N–H and O–H groups in total. The van der Waals surface area contributed by atoms with Gasteiger partial charge in [-0.3, -0.25) is 0 Å². The second kappa shape index (κ2) is 4.22. The number of halogens is 3. The van der Waals surface area contributed by atoms with Gasteiger partial charge in [0.15, 0.2) is 11.6 Å². The van der Waals surface area contributed by atoms with Crippen molar-refractivity contribution in [3.63, 3.8) is 0 Å². The zero-order valence-corrected chi connectivity index (χ0v) is 9.30. The van der Waals surface area contributed by atoms with E-state index in [9.17, 15) is 8.78 Å². The second-order valence-corrected chi connectivity index (χ2v) is 3.77. The Morgan fingerprint density at radius 3 is 2.38 bits per heavy atom. The van der Waals surface area contributed by atoms with Gasteiger partial charge in [-0.25, -0.2) is 13.5 Å². The molecule has 2 rings (SSSR count). The molecule has 1 aromatic heterocycles. The van der Waals surface area contributed by atoms with E-state index in [1.165, 1.54) is 23.0 Å². The number of hydrogen-bond acceptors (Lipinski definition) is 1. The molecular weight excluding hydrogens is 234 g/mol. The number of aromatic nitrogens is 2. The van der Waals surface area contributed by atoms with Crippen molar-refractivity contribution in [1.29, 1.82) is 0 Å². The standard InChI is InChI=1S/C11H9ClF2N2/c1-7-5-15-16(6-7)11-9(13)2-8(4-12)3-10(11)14/h2-3,5-6H,4H2,1H3. The van der Waals surface area contributed by atoms with Crippen LogP contribution in [0.25, 0.3) is 5.69 Å². The van der Waals surface area contributed by atoms with Gasteiger partial charge in [-0.15, -0.1) is 11.6 Å². The van der Waals surface area contributed by atoms with Crippen molar-refractivity contribution in [3.05, 3.63) is 47.3 Å². The molecule has 2 nitrogen and oxygen atoms in total. The molecule has 0 aliphatic rings. The summed E-state index contributed by atoms with van der Waals surface area (Å²) >= 11 is 5.52. The Morgan fingerprint density at radius 2 is 1.94 bits per heavy atom. The highest BCUT2D eigenvalue weighted by Crippen LogP contribution is 2.20. The molecule has 1 aromatic carbocycles. The topological polar surface area (TPSA) is 17.8 Å². The van der Waals surface area contributed by atoms with Gasteiger partial charge in [-0.05, 0) is 30.2 Å². The first-order valence-electron chi connectivity index (χ1n) is 4.67. The highest BCUT2D eigenvalue weighted by Gasteiger charge is 2.13.